The molecule has 0 spiro atoms. The number of nitrogens with one attached hydrogen (secondary N) is 1. The normalized spacial score (nSPS) is 11.7. The number of nitrogens with zero attached hydrogens (tertiary/aromatic N) is 1. The second kappa shape index (κ2) is 9.91. The molecule has 0 aliphatic carbocycles. The lowest BCUT2D eigenvalue weighted by atomic mass is 10.0. The zero-order valence-corrected chi connectivity index (χ0v) is 16.5. The fraction of sp³-hybridized carbons (Fsp3) is 0.421. The molecule has 8 heteroatoms. The Balaban J connectivity index is 1.99. The number of carbonyl (C=O) groups is 2. The van der Waals surface area contributed by atoms with Gasteiger partial charge < -0.3 is 19.9 Å². The van der Waals surface area contributed by atoms with Gasteiger partial charge in [-0.25, -0.2) is 4.98 Å². The number of methoxy groups -OCH3 is 2. The van der Waals surface area contributed by atoms with Crippen molar-refractivity contribution in [1.29, 1.82) is 0 Å². The van der Waals surface area contributed by atoms with Crippen LogP contribution in [0.15, 0.2) is 23.6 Å². The van der Waals surface area contributed by atoms with Crippen LogP contribution in [0.1, 0.15) is 25.5 Å². The molecule has 1 aromatic carbocycles. The lowest BCUT2D eigenvalue weighted by Crippen LogP contribution is -2.33. The summed E-state index contributed by atoms with van der Waals surface area (Å²) in [5.41, 5.74) is 1.52. The Kier molecular flexibility index (Phi) is 7.60. The molecule has 146 valence electrons. The highest BCUT2D eigenvalue weighted by Gasteiger charge is 2.18. The molecule has 2 N–H and O–H groups in total. The van der Waals surface area contributed by atoms with Crippen molar-refractivity contribution in [3.05, 3.63) is 29.3 Å². The van der Waals surface area contributed by atoms with Gasteiger partial charge in [0.25, 0.3) is 0 Å². The third kappa shape index (κ3) is 5.68. The van der Waals surface area contributed by atoms with Gasteiger partial charge in [-0.15, -0.1) is 11.3 Å². The zero-order chi connectivity index (χ0) is 19.8. The summed E-state index contributed by atoms with van der Waals surface area (Å²) in [7, 11) is 3.15. The number of carbonyl (C=O) groups excluding carboxylic acids is 1. The Labute approximate surface area is 162 Å². The topological polar surface area (TPSA) is 97.8 Å². The number of hydrogen-bond acceptors (Lipinski definition) is 6. The second-order valence-corrected chi connectivity index (χ2v) is 6.88. The number of carboxylic acids is 1. The average molecular weight is 392 g/mol. The van der Waals surface area contributed by atoms with E-state index >= 15 is 0 Å². The van der Waals surface area contributed by atoms with E-state index in [1.165, 1.54) is 11.3 Å². The molecule has 0 saturated carbocycles. The second-order valence-electron chi connectivity index (χ2n) is 6.02. The van der Waals surface area contributed by atoms with Crippen molar-refractivity contribution >= 4 is 23.2 Å². The predicted molar refractivity (Wildman–Crippen MR) is 103 cm³/mol. The summed E-state index contributed by atoms with van der Waals surface area (Å²) in [6.45, 7) is 2.05. The molecular formula is C19H24N2O5S. The lowest BCUT2D eigenvalue weighted by Gasteiger charge is -2.11. The highest BCUT2D eigenvalue weighted by Crippen LogP contribution is 2.33. The molecular weight excluding hydrogens is 368 g/mol. The molecule has 7 nitrogen and oxygen atoms in total. The van der Waals surface area contributed by atoms with E-state index in [-0.39, 0.29) is 18.9 Å². The van der Waals surface area contributed by atoms with Crippen LogP contribution in [0.25, 0.3) is 10.6 Å². The van der Waals surface area contributed by atoms with Gasteiger partial charge >= 0.3 is 5.97 Å². The predicted octanol–water partition coefficient (Wildman–Crippen LogP) is 2.99. The van der Waals surface area contributed by atoms with Gasteiger partial charge in [-0.2, -0.15) is 0 Å². The Morgan fingerprint density at radius 2 is 2.00 bits per heavy atom. The van der Waals surface area contributed by atoms with Crippen molar-refractivity contribution in [1.82, 2.24) is 10.3 Å². The van der Waals surface area contributed by atoms with Gasteiger partial charge in [0.15, 0.2) is 11.5 Å². The Bertz CT molecular complexity index is 790. The van der Waals surface area contributed by atoms with Crippen molar-refractivity contribution in [3.8, 4) is 22.1 Å². The summed E-state index contributed by atoms with van der Waals surface area (Å²) in [6.07, 6.45) is 1.41. The van der Waals surface area contributed by atoms with E-state index in [9.17, 15) is 9.59 Å². The number of aliphatic carboxylic acids is 1. The highest BCUT2D eigenvalue weighted by molar-refractivity contribution is 7.13. The fourth-order valence-corrected chi connectivity index (χ4v) is 3.43. The van der Waals surface area contributed by atoms with Crippen LogP contribution < -0.4 is 14.8 Å². The van der Waals surface area contributed by atoms with E-state index in [0.717, 1.165) is 17.0 Å². The van der Waals surface area contributed by atoms with Gasteiger partial charge in [0.05, 0.1) is 32.3 Å². The summed E-state index contributed by atoms with van der Waals surface area (Å²) in [5, 5.41) is 14.4. The molecule has 2 rings (SSSR count). The average Bonchev–Trinajstić information content (AvgIpc) is 3.12. The number of benzene rings is 1. The minimum absolute atomic E-state index is 0.113. The minimum Gasteiger partial charge on any atom is -0.493 e. The van der Waals surface area contributed by atoms with Crippen LogP contribution in [0.2, 0.25) is 0 Å². The molecule has 1 atom stereocenters. The lowest BCUT2D eigenvalue weighted by molar-refractivity contribution is -0.141. The Morgan fingerprint density at radius 3 is 2.63 bits per heavy atom. The van der Waals surface area contributed by atoms with E-state index in [1.807, 2.05) is 30.5 Å². The van der Waals surface area contributed by atoms with Crippen molar-refractivity contribution in [2.45, 2.75) is 26.2 Å². The van der Waals surface area contributed by atoms with E-state index in [2.05, 4.69) is 10.3 Å². The first-order valence-electron chi connectivity index (χ1n) is 8.64. The molecule has 0 radical (unpaired) electrons. The fourth-order valence-electron chi connectivity index (χ4n) is 2.62. The molecule has 2 aromatic rings. The van der Waals surface area contributed by atoms with Crippen LogP contribution in [0.3, 0.4) is 0 Å². The Hall–Kier alpha value is -2.61. The van der Waals surface area contributed by atoms with Crippen LogP contribution in [0.5, 0.6) is 11.5 Å². The summed E-state index contributed by atoms with van der Waals surface area (Å²) in [4.78, 5) is 27.7. The van der Waals surface area contributed by atoms with Crippen LogP contribution in [-0.2, 0) is 16.0 Å². The van der Waals surface area contributed by atoms with Crippen molar-refractivity contribution in [2.24, 2.45) is 5.92 Å². The number of ether oxygens (including phenoxy) is 2. The van der Waals surface area contributed by atoms with Gasteiger partial charge in [-0.05, 0) is 24.6 Å². The minimum atomic E-state index is -0.887. The maximum Gasteiger partial charge on any atom is 0.308 e. The molecule has 1 unspecified atom stereocenters. The number of aromatic nitrogens is 1. The van der Waals surface area contributed by atoms with Gasteiger partial charge in [-0.3, -0.25) is 9.59 Å². The zero-order valence-electron chi connectivity index (χ0n) is 15.7. The van der Waals surface area contributed by atoms with Gasteiger partial charge in [-0.1, -0.05) is 13.3 Å². The molecule has 0 aliphatic rings. The summed E-state index contributed by atoms with van der Waals surface area (Å²) in [5.74, 6) is -0.433. The van der Waals surface area contributed by atoms with Crippen molar-refractivity contribution < 1.29 is 24.2 Å². The van der Waals surface area contributed by atoms with Crippen LogP contribution >= 0.6 is 11.3 Å². The number of carboxylic acid groups (broad SMARTS) is 1. The van der Waals surface area contributed by atoms with Crippen molar-refractivity contribution in [2.75, 3.05) is 20.8 Å². The first-order valence-corrected chi connectivity index (χ1v) is 9.52. The summed E-state index contributed by atoms with van der Waals surface area (Å²) < 4.78 is 10.5. The SMILES string of the molecule is CCCC(CNC(=O)Cc1csc(-c2ccc(OC)c(OC)c2)n1)C(=O)O. The maximum atomic E-state index is 12.1. The monoisotopic (exact) mass is 392 g/mol. The van der Waals surface area contributed by atoms with Gasteiger partial charge in [0.2, 0.25) is 5.91 Å². The maximum absolute atomic E-state index is 12.1. The third-order valence-electron chi connectivity index (χ3n) is 4.06. The van der Waals surface area contributed by atoms with E-state index < -0.39 is 11.9 Å². The molecule has 0 fully saturated rings. The molecule has 1 heterocycles. The van der Waals surface area contributed by atoms with Crippen LogP contribution in [0, 0.1) is 5.92 Å². The van der Waals surface area contributed by atoms with Gasteiger partial charge in [0.1, 0.15) is 5.01 Å². The highest BCUT2D eigenvalue weighted by atomic mass is 32.1. The third-order valence-corrected chi connectivity index (χ3v) is 5.00. The first-order chi connectivity index (χ1) is 13.0. The quantitative estimate of drug-likeness (QED) is 0.645. The summed E-state index contributed by atoms with van der Waals surface area (Å²) in [6, 6.07) is 5.53. The van der Waals surface area contributed by atoms with E-state index in [4.69, 9.17) is 14.6 Å². The first kappa shape index (κ1) is 20.7. The Morgan fingerprint density at radius 1 is 1.26 bits per heavy atom. The van der Waals surface area contributed by atoms with E-state index in [1.54, 1.807) is 14.2 Å². The number of rotatable bonds is 10. The molecule has 1 amide bonds. The van der Waals surface area contributed by atoms with Crippen molar-refractivity contribution in [3.63, 3.8) is 0 Å². The smallest absolute Gasteiger partial charge is 0.308 e. The van der Waals surface area contributed by atoms with Crippen LogP contribution in [0.4, 0.5) is 0 Å². The van der Waals surface area contributed by atoms with Gasteiger partial charge in [0, 0.05) is 17.5 Å². The van der Waals surface area contributed by atoms with Crippen LogP contribution in [-0.4, -0.2) is 42.7 Å². The van der Waals surface area contributed by atoms with E-state index in [0.29, 0.717) is 23.6 Å². The molecule has 1 aromatic heterocycles. The number of amides is 1. The number of thiazole rings is 1. The molecule has 0 saturated heterocycles. The molecule has 27 heavy (non-hydrogen) atoms. The largest absolute Gasteiger partial charge is 0.493 e. The molecule has 0 aliphatic heterocycles. The standard InChI is InChI=1S/C19H24N2O5S/c1-4-5-13(19(23)24)10-20-17(22)9-14-11-27-18(21-14)12-6-7-15(25-2)16(8-12)26-3/h6-8,11,13H,4-5,9-10H2,1-3H3,(H,20,22)(H,23,24). The number of hydrogen-bond donors (Lipinski definition) is 2. The summed E-state index contributed by atoms with van der Waals surface area (Å²) >= 11 is 1.43. The molecule has 0 bridgehead atoms.